The van der Waals surface area contributed by atoms with Crippen LogP contribution in [0.15, 0.2) is 30.7 Å². The summed E-state index contributed by atoms with van der Waals surface area (Å²) in [6.45, 7) is 3.85. The number of fused-ring (bicyclic) bond motifs is 1. The molecule has 1 N–H and O–H groups in total. The van der Waals surface area contributed by atoms with Crippen LogP contribution in [0.25, 0.3) is 0 Å². The second-order valence-corrected chi connectivity index (χ2v) is 5.65. The molecule has 21 heavy (non-hydrogen) atoms. The van der Waals surface area contributed by atoms with Gasteiger partial charge in [-0.1, -0.05) is 19.1 Å². The summed E-state index contributed by atoms with van der Waals surface area (Å²) in [6.07, 6.45) is 7.09. The SMILES string of the molecule is CCCNC1CCc2c(OCc3cncn3C)cccc21. The second kappa shape index (κ2) is 6.31. The van der Waals surface area contributed by atoms with Gasteiger partial charge in [-0.05, 0) is 43.0 Å². The smallest absolute Gasteiger partial charge is 0.130 e. The van der Waals surface area contributed by atoms with E-state index in [-0.39, 0.29) is 0 Å². The molecule has 0 aliphatic heterocycles. The van der Waals surface area contributed by atoms with Gasteiger partial charge in [0.05, 0.1) is 18.2 Å². The molecular formula is C17H23N3O. The van der Waals surface area contributed by atoms with E-state index in [1.807, 2.05) is 17.8 Å². The lowest BCUT2D eigenvalue weighted by Crippen LogP contribution is -2.19. The van der Waals surface area contributed by atoms with Crippen LogP contribution >= 0.6 is 0 Å². The monoisotopic (exact) mass is 285 g/mol. The molecule has 1 heterocycles. The van der Waals surface area contributed by atoms with Crippen molar-refractivity contribution < 1.29 is 4.74 Å². The minimum absolute atomic E-state index is 0.486. The molecule has 4 nitrogen and oxygen atoms in total. The van der Waals surface area contributed by atoms with Crippen LogP contribution in [0.5, 0.6) is 5.75 Å². The number of hydrogen-bond donors (Lipinski definition) is 1. The molecule has 0 radical (unpaired) electrons. The lowest BCUT2D eigenvalue weighted by molar-refractivity contribution is 0.294. The Morgan fingerprint density at radius 3 is 3.10 bits per heavy atom. The van der Waals surface area contributed by atoms with Crippen LogP contribution < -0.4 is 10.1 Å². The third-order valence-corrected chi connectivity index (χ3v) is 4.16. The van der Waals surface area contributed by atoms with Crippen molar-refractivity contribution in [1.29, 1.82) is 0 Å². The van der Waals surface area contributed by atoms with Crippen molar-refractivity contribution in [3.63, 3.8) is 0 Å². The van der Waals surface area contributed by atoms with Gasteiger partial charge in [-0.15, -0.1) is 0 Å². The number of imidazole rings is 1. The number of benzene rings is 1. The number of rotatable bonds is 6. The lowest BCUT2D eigenvalue weighted by atomic mass is 10.1. The molecule has 0 spiro atoms. The van der Waals surface area contributed by atoms with Crippen LogP contribution in [0.4, 0.5) is 0 Å². The summed E-state index contributed by atoms with van der Waals surface area (Å²) in [5, 5.41) is 3.62. The predicted molar refractivity (Wildman–Crippen MR) is 83.3 cm³/mol. The minimum atomic E-state index is 0.486. The Bertz CT molecular complexity index is 606. The van der Waals surface area contributed by atoms with E-state index in [0.29, 0.717) is 12.6 Å². The molecular weight excluding hydrogens is 262 g/mol. The zero-order chi connectivity index (χ0) is 14.7. The molecule has 0 saturated carbocycles. The predicted octanol–water partition coefficient (Wildman–Crippen LogP) is 2.99. The maximum Gasteiger partial charge on any atom is 0.130 e. The van der Waals surface area contributed by atoms with Gasteiger partial charge in [-0.25, -0.2) is 4.98 Å². The van der Waals surface area contributed by atoms with Gasteiger partial charge in [0.25, 0.3) is 0 Å². The van der Waals surface area contributed by atoms with Crippen molar-refractivity contribution in [2.24, 2.45) is 7.05 Å². The van der Waals surface area contributed by atoms with Crippen LogP contribution in [0.2, 0.25) is 0 Å². The second-order valence-electron chi connectivity index (χ2n) is 5.65. The van der Waals surface area contributed by atoms with Crippen molar-refractivity contribution in [3.8, 4) is 5.75 Å². The highest BCUT2D eigenvalue weighted by Gasteiger charge is 2.24. The summed E-state index contributed by atoms with van der Waals surface area (Å²) < 4.78 is 8.03. The molecule has 4 heteroatoms. The average molecular weight is 285 g/mol. The number of ether oxygens (including phenoxy) is 1. The van der Waals surface area contributed by atoms with E-state index in [1.54, 1.807) is 6.33 Å². The zero-order valence-electron chi connectivity index (χ0n) is 12.8. The van der Waals surface area contributed by atoms with Crippen molar-refractivity contribution in [2.75, 3.05) is 6.54 Å². The number of nitrogens with one attached hydrogen (secondary N) is 1. The molecule has 0 saturated heterocycles. The molecule has 2 aromatic rings. The van der Waals surface area contributed by atoms with Gasteiger partial charge >= 0.3 is 0 Å². The molecule has 0 bridgehead atoms. The van der Waals surface area contributed by atoms with E-state index < -0.39 is 0 Å². The minimum Gasteiger partial charge on any atom is -0.487 e. The summed E-state index contributed by atoms with van der Waals surface area (Å²) in [4.78, 5) is 4.13. The number of aromatic nitrogens is 2. The Morgan fingerprint density at radius 1 is 1.43 bits per heavy atom. The van der Waals surface area contributed by atoms with Crippen molar-refractivity contribution in [1.82, 2.24) is 14.9 Å². The number of aryl methyl sites for hydroxylation is 1. The first-order chi connectivity index (χ1) is 10.3. The van der Waals surface area contributed by atoms with Gasteiger partial charge in [0.2, 0.25) is 0 Å². The van der Waals surface area contributed by atoms with E-state index >= 15 is 0 Å². The van der Waals surface area contributed by atoms with Crippen molar-refractivity contribution in [2.45, 2.75) is 38.8 Å². The average Bonchev–Trinajstić information content (AvgIpc) is 3.09. The molecule has 1 aliphatic carbocycles. The maximum absolute atomic E-state index is 6.04. The fraction of sp³-hybridized carbons (Fsp3) is 0.471. The van der Waals surface area contributed by atoms with Crippen molar-refractivity contribution in [3.05, 3.63) is 47.5 Å². The first kappa shape index (κ1) is 14.1. The summed E-state index contributed by atoms with van der Waals surface area (Å²) in [7, 11) is 1.99. The third-order valence-electron chi connectivity index (χ3n) is 4.16. The molecule has 1 atom stereocenters. The van der Waals surface area contributed by atoms with E-state index in [9.17, 15) is 0 Å². The van der Waals surface area contributed by atoms with E-state index in [1.165, 1.54) is 24.0 Å². The van der Waals surface area contributed by atoms with Crippen LogP contribution in [0.3, 0.4) is 0 Å². The van der Waals surface area contributed by atoms with Crippen LogP contribution in [-0.4, -0.2) is 16.1 Å². The Morgan fingerprint density at radius 2 is 2.33 bits per heavy atom. The van der Waals surface area contributed by atoms with Crippen molar-refractivity contribution >= 4 is 0 Å². The zero-order valence-corrected chi connectivity index (χ0v) is 12.8. The Balaban J connectivity index is 1.73. The Kier molecular flexibility index (Phi) is 4.25. The van der Waals surface area contributed by atoms with Gasteiger partial charge in [0.1, 0.15) is 12.4 Å². The normalized spacial score (nSPS) is 17.0. The molecule has 1 aromatic heterocycles. The fourth-order valence-corrected chi connectivity index (χ4v) is 2.96. The van der Waals surface area contributed by atoms with Gasteiger partial charge in [0.15, 0.2) is 0 Å². The summed E-state index contributed by atoms with van der Waals surface area (Å²) >= 11 is 0. The van der Waals surface area contributed by atoms with Gasteiger partial charge < -0.3 is 14.6 Å². The molecule has 1 aliphatic rings. The summed E-state index contributed by atoms with van der Waals surface area (Å²) in [5.41, 5.74) is 3.87. The highest BCUT2D eigenvalue weighted by Crippen LogP contribution is 2.37. The molecule has 0 fully saturated rings. The quantitative estimate of drug-likeness (QED) is 0.887. The van der Waals surface area contributed by atoms with Gasteiger partial charge in [-0.2, -0.15) is 0 Å². The molecule has 112 valence electrons. The Hall–Kier alpha value is -1.81. The van der Waals surface area contributed by atoms with Crippen LogP contribution in [0.1, 0.15) is 42.6 Å². The maximum atomic E-state index is 6.04. The molecule has 0 amide bonds. The lowest BCUT2D eigenvalue weighted by Gasteiger charge is -2.15. The number of nitrogens with zero attached hydrogens (tertiary/aromatic N) is 2. The standard InChI is InChI=1S/C17H23N3O/c1-3-9-19-16-8-7-15-14(16)5-4-6-17(15)21-11-13-10-18-12-20(13)2/h4-6,10,12,16,19H,3,7-9,11H2,1-2H3. The topological polar surface area (TPSA) is 39.1 Å². The van der Waals surface area contributed by atoms with E-state index in [4.69, 9.17) is 4.74 Å². The summed E-state index contributed by atoms with van der Waals surface area (Å²) in [6, 6.07) is 6.90. The van der Waals surface area contributed by atoms with Crippen LogP contribution in [-0.2, 0) is 20.1 Å². The van der Waals surface area contributed by atoms with E-state index in [2.05, 4.69) is 35.4 Å². The highest BCUT2D eigenvalue weighted by atomic mass is 16.5. The fourth-order valence-electron chi connectivity index (χ4n) is 2.96. The first-order valence-corrected chi connectivity index (χ1v) is 7.72. The molecule has 3 rings (SSSR count). The van der Waals surface area contributed by atoms with E-state index in [0.717, 1.165) is 24.4 Å². The highest BCUT2D eigenvalue weighted by molar-refractivity contribution is 5.45. The molecule has 1 unspecified atom stereocenters. The first-order valence-electron chi connectivity index (χ1n) is 7.72. The largest absolute Gasteiger partial charge is 0.487 e. The Labute approximate surface area is 126 Å². The third kappa shape index (κ3) is 2.95. The van der Waals surface area contributed by atoms with Gasteiger partial charge in [0, 0.05) is 13.1 Å². The number of hydrogen-bond acceptors (Lipinski definition) is 3. The summed E-state index contributed by atoms with van der Waals surface area (Å²) in [5.74, 6) is 1.02. The van der Waals surface area contributed by atoms with Gasteiger partial charge in [-0.3, -0.25) is 0 Å². The van der Waals surface area contributed by atoms with Crippen LogP contribution in [0, 0.1) is 0 Å². The molecule has 1 aromatic carbocycles.